The van der Waals surface area contributed by atoms with Crippen LogP contribution in [-0.2, 0) is 14.4 Å². The Morgan fingerprint density at radius 1 is 1.32 bits per heavy atom. The number of likely N-dealkylation sites (N-methyl/N-ethyl adjacent to an activating group) is 1. The second kappa shape index (κ2) is 8.82. The molecule has 0 aliphatic carbocycles. The number of nitrogens with one attached hydrogen (secondary N) is 1. The van der Waals surface area contributed by atoms with Gasteiger partial charge in [0.15, 0.2) is 0 Å². The van der Waals surface area contributed by atoms with Crippen molar-refractivity contribution in [3.63, 3.8) is 0 Å². The van der Waals surface area contributed by atoms with Gasteiger partial charge in [0, 0.05) is 40.3 Å². The number of carbonyl (C=O) groups excluding carboxylic acids is 3. The number of nitrogens with zero attached hydrogens (tertiary/aromatic N) is 4. The molecule has 2 saturated heterocycles. The van der Waals surface area contributed by atoms with Crippen molar-refractivity contribution in [1.29, 1.82) is 0 Å². The zero-order valence-electron chi connectivity index (χ0n) is 15.2. The normalized spacial score (nSPS) is 25.8. The van der Waals surface area contributed by atoms with E-state index in [1.165, 1.54) is 4.90 Å². The first-order chi connectivity index (χ1) is 11.8. The van der Waals surface area contributed by atoms with Crippen molar-refractivity contribution in [2.75, 3.05) is 53.4 Å². The second-order valence-electron chi connectivity index (χ2n) is 6.82. The van der Waals surface area contributed by atoms with Gasteiger partial charge in [0.2, 0.25) is 11.8 Å². The van der Waals surface area contributed by atoms with Crippen LogP contribution < -0.4 is 5.43 Å². The fourth-order valence-electron chi connectivity index (χ4n) is 3.03. The maximum atomic E-state index is 12.4. The van der Waals surface area contributed by atoms with E-state index in [1.54, 1.807) is 19.0 Å². The third-order valence-electron chi connectivity index (χ3n) is 4.69. The quantitative estimate of drug-likeness (QED) is 0.626. The maximum absolute atomic E-state index is 12.4. The second-order valence-corrected chi connectivity index (χ2v) is 7.29. The molecule has 2 atom stereocenters. The van der Waals surface area contributed by atoms with Crippen LogP contribution in [0.1, 0.15) is 19.8 Å². The molecule has 25 heavy (non-hydrogen) atoms. The maximum Gasteiger partial charge on any atom is 0.253 e. The molecule has 2 unspecified atom stereocenters. The third kappa shape index (κ3) is 5.05. The number of unbranched alkanes of at least 4 members (excludes halogenated alkanes) is 1. The summed E-state index contributed by atoms with van der Waals surface area (Å²) in [6.07, 6.45) is 2.03. The monoisotopic (exact) mass is 373 g/mol. The zero-order valence-corrected chi connectivity index (χ0v) is 16.0. The molecule has 3 amide bonds. The van der Waals surface area contributed by atoms with E-state index in [-0.39, 0.29) is 36.9 Å². The Hall–Kier alpha value is -1.38. The number of hydrogen-bond donors (Lipinski definition) is 1. The number of hydrogen-bond acceptors (Lipinski definition) is 5. The minimum absolute atomic E-state index is 0.0950. The summed E-state index contributed by atoms with van der Waals surface area (Å²) >= 11 is 6.31. The number of alkyl halides is 1. The van der Waals surface area contributed by atoms with E-state index in [0.29, 0.717) is 19.6 Å². The zero-order chi connectivity index (χ0) is 18.6. The van der Waals surface area contributed by atoms with Crippen molar-refractivity contribution >= 4 is 29.3 Å². The Kier molecular flexibility index (Phi) is 7.04. The van der Waals surface area contributed by atoms with Gasteiger partial charge in [-0.3, -0.25) is 24.7 Å². The molecule has 0 radical (unpaired) electrons. The molecular weight excluding hydrogens is 346 g/mol. The number of amides is 3. The standard InChI is InChI=1S/C16H28ClN5O3/c1-4-5-6-22-9-12(15(17)16(25)18-22)20-7-8-21(14(24)11-20)10-13(23)19(2)3/h12,15H,4-11H2,1-3H3,(H,18,25). The summed E-state index contributed by atoms with van der Waals surface area (Å²) in [5.74, 6) is -0.414. The highest BCUT2D eigenvalue weighted by atomic mass is 35.5. The van der Waals surface area contributed by atoms with E-state index in [4.69, 9.17) is 11.6 Å². The van der Waals surface area contributed by atoms with Gasteiger partial charge in [0.1, 0.15) is 5.38 Å². The van der Waals surface area contributed by atoms with Crippen molar-refractivity contribution in [2.45, 2.75) is 31.2 Å². The van der Waals surface area contributed by atoms with Gasteiger partial charge in [-0.15, -0.1) is 11.6 Å². The van der Waals surface area contributed by atoms with E-state index in [9.17, 15) is 14.4 Å². The average molecular weight is 374 g/mol. The van der Waals surface area contributed by atoms with Crippen LogP contribution in [0, 0.1) is 0 Å². The van der Waals surface area contributed by atoms with Crippen LogP contribution in [0.25, 0.3) is 0 Å². The van der Waals surface area contributed by atoms with Crippen LogP contribution in [0.4, 0.5) is 0 Å². The van der Waals surface area contributed by atoms with Gasteiger partial charge in [-0.1, -0.05) is 13.3 Å². The van der Waals surface area contributed by atoms with Gasteiger partial charge in [0.05, 0.1) is 19.1 Å². The topological polar surface area (TPSA) is 76.2 Å². The molecule has 0 saturated carbocycles. The fraction of sp³-hybridized carbons (Fsp3) is 0.812. The summed E-state index contributed by atoms with van der Waals surface area (Å²) < 4.78 is 0. The van der Waals surface area contributed by atoms with Crippen molar-refractivity contribution in [2.24, 2.45) is 0 Å². The summed E-state index contributed by atoms with van der Waals surface area (Å²) in [5.41, 5.74) is 2.82. The van der Waals surface area contributed by atoms with Crippen LogP contribution in [-0.4, -0.2) is 102 Å². The Bertz CT molecular complexity index is 516. The van der Waals surface area contributed by atoms with Crippen LogP contribution in [0.3, 0.4) is 0 Å². The molecule has 2 aliphatic rings. The van der Waals surface area contributed by atoms with E-state index in [1.807, 2.05) is 9.91 Å². The van der Waals surface area contributed by atoms with Gasteiger partial charge >= 0.3 is 0 Å². The summed E-state index contributed by atoms with van der Waals surface area (Å²) in [4.78, 5) is 41.4. The minimum atomic E-state index is -0.680. The van der Waals surface area contributed by atoms with E-state index < -0.39 is 5.38 Å². The van der Waals surface area contributed by atoms with Crippen molar-refractivity contribution < 1.29 is 14.4 Å². The van der Waals surface area contributed by atoms with E-state index in [0.717, 1.165) is 19.4 Å². The Labute approximate surface area is 154 Å². The molecule has 9 heteroatoms. The molecule has 0 bridgehead atoms. The molecule has 2 fully saturated rings. The number of hydrazine groups is 1. The van der Waals surface area contributed by atoms with E-state index >= 15 is 0 Å². The number of piperazine rings is 1. The molecule has 2 aliphatic heterocycles. The number of halogens is 1. The van der Waals surface area contributed by atoms with Gasteiger partial charge in [-0.25, -0.2) is 5.01 Å². The molecular formula is C16H28ClN5O3. The number of rotatable bonds is 6. The highest BCUT2D eigenvalue weighted by Crippen LogP contribution is 2.19. The van der Waals surface area contributed by atoms with Gasteiger partial charge in [-0.05, 0) is 6.42 Å². The highest BCUT2D eigenvalue weighted by Gasteiger charge is 2.40. The average Bonchev–Trinajstić information content (AvgIpc) is 2.57. The van der Waals surface area contributed by atoms with Gasteiger partial charge < -0.3 is 9.80 Å². The lowest BCUT2D eigenvalue weighted by Crippen LogP contribution is -2.66. The van der Waals surface area contributed by atoms with Crippen molar-refractivity contribution in [1.82, 2.24) is 25.1 Å². The Morgan fingerprint density at radius 3 is 2.64 bits per heavy atom. The Morgan fingerprint density at radius 2 is 2.04 bits per heavy atom. The van der Waals surface area contributed by atoms with Crippen LogP contribution in [0.5, 0.6) is 0 Å². The van der Waals surface area contributed by atoms with Gasteiger partial charge in [0.25, 0.3) is 5.91 Å². The van der Waals surface area contributed by atoms with Crippen LogP contribution >= 0.6 is 11.6 Å². The summed E-state index contributed by atoms with van der Waals surface area (Å²) in [7, 11) is 3.35. The summed E-state index contributed by atoms with van der Waals surface area (Å²) in [5, 5.41) is 1.21. The molecule has 0 spiro atoms. The molecule has 0 aromatic rings. The SMILES string of the molecule is CCCCN1CC(N2CCN(CC(=O)N(C)C)C(=O)C2)C(Cl)C(=O)N1. The molecule has 8 nitrogen and oxygen atoms in total. The fourth-order valence-corrected chi connectivity index (χ4v) is 3.32. The highest BCUT2D eigenvalue weighted by molar-refractivity contribution is 6.31. The first-order valence-corrected chi connectivity index (χ1v) is 9.18. The third-order valence-corrected chi connectivity index (χ3v) is 5.18. The first-order valence-electron chi connectivity index (χ1n) is 8.75. The number of carbonyl (C=O) groups is 3. The van der Waals surface area contributed by atoms with Crippen LogP contribution in [0.2, 0.25) is 0 Å². The van der Waals surface area contributed by atoms with Crippen LogP contribution in [0.15, 0.2) is 0 Å². The Balaban J connectivity index is 1.96. The van der Waals surface area contributed by atoms with Gasteiger partial charge in [-0.2, -0.15) is 0 Å². The van der Waals surface area contributed by atoms with Crippen molar-refractivity contribution in [3.8, 4) is 0 Å². The predicted molar refractivity (Wildman–Crippen MR) is 94.9 cm³/mol. The lowest BCUT2D eigenvalue weighted by molar-refractivity contribution is -0.145. The summed E-state index contributed by atoms with van der Waals surface area (Å²) in [6, 6.07) is -0.206. The van der Waals surface area contributed by atoms with E-state index in [2.05, 4.69) is 12.3 Å². The predicted octanol–water partition coefficient (Wildman–Crippen LogP) is -0.658. The molecule has 0 aromatic heterocycles. The molecule has 2 heterocycles. The molecule has 2 rings (SSSR count). The molecule has 1 N–H and O–H groups in total. The summed E-state index contributed by atoms with van der Waals surface area (Å²) in [6.45, 7) is 4.82. The first kappa shape index (κ1) is 19.9. The van der Waals surface area contributed by atoms with Crippen molar-refractivity contribution in [3.05, 3.63) is 0 Å². The minimum Gasteiger partial charge on any atom is -0.347 e. The lowest BCUT2D eigenvalue weighted by Gasteiger charge is -2.44. The molecule has 0 aromatic carbocycles. The lowest BCUT2D eigenvalue weighted by atomic mass is 10.1. The molecule has 142 valence electrons. The smallest absolute Gasteiger partial charge is 0.253 e. The largest absolute Gasteiger partial charge is 0.347 e.